The Hall–Kier alpha value is -1.63. The summed E-state index contributed by atoms with van der Waals surface area (Å²) in [5.74, 6) is -0.841. The van der Waals surface area contributed by atoms with Crippen LogP contribution in [0.4, 0.5) is 4.79 Å². The summed E-state index contributed by atoms with van der Waals surface area (Å²) < 4.78 is 5.35. The van der Waals surface area contributed by atoms with Crippen LogP contribution in [0.5, 0.6) is 0 Å². The lowest BCUT2D eigenvalue weighted by atomic mass is 9.65. The minimum Gasteiger partial charge on any atom is -0.481 e. The van der Waals surface area contributed by atoms with Gasteiger partial charge in [-0.2, -0.15) is 0 Å². The third kappa shape index (κ3) is 4.43. The molecule has 2 fully saturated rings. The van der Waals surface area contributed by atoms with E-state index in [9.17, 15) is 19.5 Å². The third-order valence-electron chi connectivity index (χ3n) is 4.46. The van der Waals surface area contributed by atoms with E-state index in [1.54, 1.807) is 4.90 Å². The van der Waals surface area contributed by atoms with Crippen molar-refractivity contribution in [3.05, 3.63) is 0 Å². The molecule has 0 spiro atoms. The lowest BCUT2D eigenvalue weighted by Crippen LogP contribution is -2.52. The van der Waals surface area contributed by atoms with Crippen molar-refractivity contribution in [1.82, 2.24) is 9.80 Å². The summed E-state index contributed by atoms with van der Waals surface area (Å²) in [6.45, 7) is 8.71. The normalized spacial score (nSPS) is 21.7. The molecule has 2 rings (SSSR count). The molecule has 0 unspecified atom stereocenters. The van der Waals surface area contributed by atoms with Crippen LogP contribution in [0.25, 0.3) is 0 Å². The molecule has 0 radical (unpaired) electrons. The number of carbonyl (C=O) groups excluding carboxylic acids is 2. The number of piperazine rings is 1. The first kappa shape index (κ1) is 17.7. The van der Waals surface area contributed by atoms with Gasteiger partial charge >= 0.3 is 12.1 Å². The first-order valence-electron chi connectivity index (χ1n) is 8.07. The smallest absolute Gasteiger partial charge is 0.410 e. The van der Waals surface area contributed by atoms with Gasteiger partial charge in [0.1, 0.15) is 11.4 Å². The van der Waals surface area contributed by atoms with Crippen molar-refractivity contribution >= 4 is 17.8 Å². The van der Waals surface area contributed by atoms with E-state index >= 15 is 0 Å². The van der Waals surface area contributed by atoms with Gasteiger partial charge in [0, 0.05) is 39.0 Å². The largest absolute Gasteiger partial charge is 0.481 e. The Bertz CT molecular complexity index is 481. The monoisotopic (exact) mass is 326 g/mol. The molecule has 2 aliphatic rings. The van der Waals surface area contributed by atoms with Gasteiger partial charge in [0.05, 0.1) is 5.41 Å². The molecule has 1 heterocycles. The molecule has 0 aromatic carbocycles. The second kappa shape index (κ2) is 6.47. The predicted molar refractivity (Wildman–Crippen MR) is 83.2 cm³/mol. The molecule has 1 amide bonds. The van der Waals surface area contributed by atoms with Crippen molar-refractivity contribution in [2.45, 2.75) is 45.6 Å². The molecular formula is C16H26N2O5. The molecule has 0 atom stereocenters. The van der Waals surface area contributed by atoms with Crippen LogP contribution in [0, 0.1) is 5.41 Å². The second-order valence-corrected chi connectivity index (χ2v) is 7.54. The molecule has 0 aromatic heterocycles. The molecular weight excluding hydrogens is 300 g/mol. The molecule has 0 aromatic rings. The third-order valence-corrected chi connectivity index (χ3v) is 4.46. The zero-order valence-electron chi connectivity index (χ0n) is 14.1. The number of ketones is 1. The van der Waals surface area contributed by atoms with Crippen LogP contribution in [0.2, 0.25) is 0 Å². The van der Waals surface area contributed by atoms with E-state index < -0.39 is 17.0 Å². The van der Waals surface area contributed by atoms with E-state index in [0.29, 0.717) is 39.1 Å². The van der Waals surface area contributed by atoms with Gasteiger partial charge in [-0.15, -0.1) is 0 Å². The Kier molecular flexibility index (Phi) is 4.98. The molecule has 1 saturated heterocycles. The molecule has 7 nitrogen and oxygen atoms in total. The van der Waals surface area contributed by atoms with Gasteiger partial charge in [0.25, 0.3) is 0 Å². The first-order chi connectivity index (χ1) is 10.6. The number of carboxylic acid groups (broad SMARTS) is 1. The maximum absolute atomic E-state index is 12.0. The van der Waals surface area contributed by atoms with Gasteiger partial charge in [-0.1, -0.05) is 0 Å². The van der Waals surface area contributed by atoms with Crippen LogP contribution in [0.1, 0.15) is 40.0 Å². The van der Waals surface area contributed by atoms with Gasteiger partial charge in [0.15, 0.2) is 0 Å². The Morgan fingerprint density at radius 3 is 2.17 bits per heavy atom. The highest BCUT2D eigenvalue weighted by Crippen LogP contribution is 2.41. The molecule has 1 aliphatic heterocycles. The lowest BCUT2D eigenvalue weighted by molar-refractivity contribution is -0.161. The Balaban J connectivity index is 1.76. The Labute approximate surface area is 136 Å². The van der Waals surface area contributed by atoms with Crippen LogP contribution in [0.15, 0.2) is 0 Å². The highest BCUT2D eigenvalue weighted by atomic mass is 16.6. The zero-order valence-corrected chi connectivity index (χ0v) is 14.1. The highest BCUT2D eigenvalue weighted by Gasteiger charge is 2.49. The minimum atomic E-state index is -0.871. The first-order valence-corrected chi connectivity index (χ1v) is 8.07. The fourth-order valence-electron chi connectivity index (χ4n) is 2.99. The maximum Gasteiger partial charge on any atom is 0.410 e. The van der Waals surface area contributed by atoms with Crippen LogP contribution < -0.4 is 0 Å². The van der Waals surface area contributed by atoms with E-state index in [2.05, 4.69) is 4.90 Å². The van der Waals surface area contributed by atoms with Crippen LogP contribution in [-0.2, 0) is 14.3 Å². The molecule has 130 valence electrons. The molecule has 0 bridgehead atoms. The van der Waals surface area contributed by atoms with Crippen molar-refractivity contribution in [2.75, 3.05) is 32.7 Å². The zero-order chi connectivity index (χ0) is 17.3. The topological polar surface area (TPSA) is 87.2 Å². The number of ether oxygens (including phenoxy) is 1. The number of rotatable bonds is 4. The predicted octanol–water partition coefficient (Wildman–Crippen LogP) is 1.36. The lowest BCUT2D eigenvalue weighted by Gasteiger charge is -2.40. The number of Topliss-reactive ketones (excluding diaryl/α,β-unsaturated/α-hetero) is 1. The quantitative estimate of drug-likeness (QED) is 0.839. The van der Waals surface area contributed by atoms with Gasteiger partial charge in [-0.25, -0.2) is 4.79 Å². The van der Waals surface area contributed by atoms with Crippen molar-refractivity contribution in [1.29, 1.82) is 0 Å². The van der Waals surface area contributed by atoms with Crippen LogP contribution >= 0.6 is 0 Å². The molecule has 7 heteroatoms. The molecule has 23 heavy (non-hydrogen) atoms. The number of hydrogen-bond acceptors (Lipinski definition) is 5. The van der Waals surface area contributed by atoms with E-state index in [0.717, 1.165) is 0 Å². The average molecular weight is 326 g/mol. The van der Waals surface area contributed by atoms with E-state index in [4.69, 9.17) is 4.74 Å². The number of amides is 1. The van der Waals surface area contributed by atoms with Crippen molar-refractivity contribution < 1.29 is 24.2 Å². The number of nitrogens with zero attached hydrogens (tertiary/aromatic N) is 2. The summed E-state index contributed by atoms with van der Waals surface area (Å²) in [7, 11) is 0. The summed E-state index contributed by atoms with van der Waals surface area (Å²) in [4.78, 5) is 38.3. The number of aliphatic carboxylic acids is 1. The Morgan fingerprint density at radius 2 is 1.74 bits per heavy atom. The number of hydrogen-bond donors (Lipinski definition) is 1. The number of carbonyl (C=O) groups is 3. The van der Waals surface area contributed by atoms with Gasteiger partial charge < -0.3 is 14.7 Å². The van der Waals surface area contributed by atoms with Crippen molar-refractivity contribution in [3.8, 4) is 0 Å². The van der Waals surface area contributed by atoms with Gasteiger partial charge in [-0.3, -0.25) is 14.5 Å². The second-order valence-electron chi connectivity index (χ2n) is 7.54. The SMILES string of the molecule is CC(C)(C)OC(=O)N1CCN(CCC2(C(=O)O)CC(=O)C2)CC1. The maximum atomic E-state index is 12.0. The van der Waals surface area contributed by atoms with E-state index in [-0.39, 0.29) is 24.7 Å². The Morgan fingerprint density at radius 1 is 1.17 bits per heavy atom. The highest BCUT2D eigenvalue weighted by molar-refractivity contribution is 5.96. The molecule has 1 saturated carbocycles. The molecule has 1 aliphatic carbocycles. The fourth-order valence-corrected chi connectivity index (χ4v) is 2.99. The van der Waals surface area contributed by atoms with Crippen LogP contribution in [-0.4, -0.2) is 71.1 Å². The fraction of sp³-hybridized carbons (Fsp3) is 0.812. The van der Waals surface area contributed by atoms with Gasteiger partial charge in [-0.05, 0) is 33.7 Å². The van der Waals surface area contributed by atoms with E-state index in [1.165, 1.54) is 0 Å². The average Bonchev–Trinajstić information content (AvgIpc) is 2.40. The van der Waals surface area contributed by atoms with Crippen molar-refractivity contribution in [2.24, 2.45) is 5.41 Å². The standard InChI is InChI=1S/C16H26N2O5/c1-15(2,3)23-14(22)18-8-6-17(7-9-18)5-4-16(13(20)21)10-12(19)11-16/h4-11H2,1-3H3,(H,20,21). The summed E-state index contributed by atoms with van der Waals surface area (Å²) >= 11 is 0. The summed E-state index contributed by atoms with van der Waals surface area (Å²) in [5.41, 5.74) is -1.36. The minimum absolute atomic E-state index is 0.0298. The van der Waals surface area contributed by atoms with Crippen LogP contribution in [0.3, 0.4) is 0 Å². The summed E-state index contributed by atoms with van der Waals surface area (Å²) in [6, 6.07) is 0. The molecule has 1 N–H and O–H groups in total. The summed E-state index contributed by atoms with van der Waals surface area (Å²) in [5, 5.41) is 9.31. The van der Waals surface area contributed by atoms with Gasteiger partial charge in [0.2, 0.25) is 0 Å². The van der Waals surface area contributed by atoms with Crippen molar-refractivity contribution in [3.63, 3.8) is 0 Å². The van der Waals surface area contributed by atoms with E-state index in [1.807, 2.05) is 20.8 Å². The number of carboxylic acids is 1. The summed E-state index contributed by atoms with van der Waals surface area (Å²) in [6.07, 6.45) is 0.490.